The summed E-state index contributed by atoms with van der Waals surface area (Å²) >= 11 is 0. The van der Waals surface area contributed by atoms with Gasteiger partial charge < -0.3 is 9.47 Å². The zero-order chi connectivity index (χ0) is 18.1. The van der Waals surface area contributed by atoms with Crippen molar-refractivity contribution < 1.29 is 28.8 Å². The molecule has 130 valence electrons. The van der Waals surface area contributed by atoms with Crippen molar-refractivity contribution in [1.29, 1.82) is 0 Å². The molecule has 0 N–H and O–H groups in total. The Labute approximate surface area is 142 Å². The van der Waals surface area contributed by atoms with Gasteiger partial charge in [-0.25, -0.2) is 4.84 Å². The minimum absolute atomic E-state index is 0.126. The number of benzene rings is 1. The number of hydrogen-bond acceptors (Lipinski definition) is 6. The van der Waals surface area contributed by atoms with E-state index in [-0.39, 0.29) is 19.8 Å². The smallest absolute Gasteiger partial charge is 0.321 e. The lowest BCUT2D eigenvalue weighted by Crippen LogP contribution is -2.37. The maximum absolute atomic E-state index is 12.3. The molecular formula is C16H23BNO6+. The van der Waals surface area contributed by atoms with Gasteiger partial charge in [-0.1, -0.05) is 29.7 Å². The molecule has 8 heteroatoms. The molecule has 0 radical (unpaired) electrons. The first-order chi connectivity index (χ1) is 11.4. The molecule has 0 heterocycles. The molecule has 1 rings (SSSR count). The molecule has 1 atom stereocenters. The maximum Gasteiger partial charge on any atom is 0.321 e. The van der Waals surface area contributed by atoms with Gasteiger partial charge in [0.2, 0.25) is 4.92 Å². The highest BCUT2D eigenvalue weighted by Crippen LogP contribution is 2.27. The van der Waals surface area contributed by atoms with Crippen molar-refractivity contribution in [2.45, 2.75) is 19.8 Å². The first-order valence-electron chi connectivity index (χ1n) is 7.83. The molecule has 24 heavy (non-hydrogen) atoms. The minimum Gasteiger partial charge on any atom is -0.465 e. The Morgan fingerprint density at radius 1 is 1.08 bits per heavy atom. The van der Waals surface area contributed by atoms with E-state index in [2.05, 4.69) is 4.84 Å². The van der Waals surface area contributed by atoms with Gasteiger partial charge in [0.15, 0.2) is 13.0 Å². The van der Waals surface area contributed by atoms with Crippen molar-refractivity contribution in [3.05, 3.63) is 34.7 Å². The molecule has 0 aliphatic carbocycles. The lowest BCUT2D eigenvalue weighted by Gasteiger charge is -2.21. The molecule has 0 unspecified atom stereocenters. The van der Waals surface area contributed by atoms with Crippen LogP contribution in [0, 0.1) is 10.8 Å². The Morgan fingerprint density at radius 2 is 1.58 bits per heavy atom. The molecule has 0 bridgehead atoms. The van der Waals surface area contributed by atoms with Crippen LogP contribution in [0.15, 0.2) is 24.3 Å². The van der Waals surface area contributed by atoms with Crippen LogP contribution in [0.1, 0.15) is 25.3 Å². The summed E-state index contributed by atoms with van der Waals surface area (Å²) in [5.74, 6) is -3.42. The predicted molar refractivity (Wildman–Crippen MR) is 89.6 cm³/mol. The fourth-order valence-electron chi connectivity index (χ4n) is 2.34. The molecular weight excluding hydrogens is 313 g/mol. The Hall–Kier alpha value is -2.38. The van der Waals surface area contributed by atoms with Gasteiger partial charge in [-0.2, -0.15) is 0 Å². The molecule has 1 aromatic rings. The van der Waals surface area contributed by atoms with Crippen LogP contribution in [-0.4, -0.2) is 51.6 Å². The minimum atomic E-state index is -1.24. The summed E-state index contributed by atoms with van der Waals surface area (Å²) in [7, 11) is 3.14. The first-order valence-corrected chi connectivity index (χ1v) is 7.83. The third-order valence-corrected chi connectivity index (χ3v) is 3.54. The molecule has 0 amide bonds. The molecule has 0 spiro atoms. The number of carbonyl (C=O) groups excluding carboxylic acids is 2. The third-order valence-electron chi connectivity index (χ3n) is 3.54. The van der Waals surface area contributed by atoms with Crippen LogP contribution in [0.3, 0.4) is 0 Å². The summed E-state index contributed by atoms with van der Waals surface area (Å²) in [5, 5.41) is 0. The lowest BCUT2D eigenvalue weighted by atomic mass is 9.84. The first kappa shape index (κ1) is 19.7. The fraction of sp³-hybridized carbons (Fsp3) is 0.500. The summed E-state index contributed by atoms with van der Waals surface area (Å²) in [5.41, 5.74) is 1.68. The Morgan fingerprint density at radius 3 is 2.00 bits per heavy atom. The molecule has 0 fully saturated rings. The largest absolute Gasteiger partial charge is 0.465 e. The van der Waals surface area contributed by atoms with Crippen molar-refractivity contribution in [3.63, 3.8) is 0 Å². The summed E-state index contributed by atoms with van der Waals surface area (Å²) in [6.07, 6.45) is 0. The summed E-state index contributed by atoms with van der Waals surface area (Å²) in [4.78, 5) is 41.3. The van der Waals surface area contributed by atoms with Crippen molar-refractivity contribution in [2.24, 2.45) is 5.92 Å². The summed E-state index contributed by atoms with van der Waals surface area (Å²) in [6.45, 7) is 3.34. The Balaban J connectivity index is 3.26. The highest BCUT2D eigenvalue weighted by atomic mass is 16.8. The number of esters is 2. The molecule has 0 aliphatic heterocycles. The summed E-state index contributed by atoms with van der Waals surface area (Å²) in [6, 6.07) is 7.24. The van der Waals surface area contributed by atoms with E-state index in [4.69, 9.17) is 9.47 Å². The Kier molecular flexibility index (Phi) is 7.95. The highest BCUT2D eigenvalue weighted by Gasteiger charge is 2.42. The fourth-order valence-corrected chi connectivity index (χ4v) is 2.34. The van der Waals surface area contributed by atoms with E-state index in [1.165, 1.54) is 7.11 Å². The maximum atomic E-state index is 12.3. The van der Waals surface area contributed by atoms with Crippen molar-refractivity contribution in [1.82, 2.24) is 0 Å². The van der Waals surface area contributed by atoms with E-state index in [1.54, 1.807) is 26.0 Å². The highest BCUT2D eigenvalue weighted by molar-refractivity contribution is 6.32. The number of nitrogens with zero attached hydrogens (tertiary/aromatic N) is 1. The van der Waals surface area contributed by atoms with E-state index in [1.807, 2.05) is 20.0 Å². The quantitative estimate of drug-likeness (QED) is 0.276. The molecule has 0 aliphatic rings. The van der Waals surface area contributed by atoms with Crippen LogP contribution in [0.2, 0.25) is 0 Å². The van der Waals surface area contributed by atoms with Gasteiger partial charge in [0.25, 0.3) is 6.54 Å². The number of carbonyl (C=O) groups is 2. The van der Waals surface area contributed by atoms with Gasteiger partial charge >= 0.3 is 11.9 Å². The molecule has 1 aromatic carbocycles. The van der Waals surface area contributed by atoms with Gasteiger partial charge in [-0.05, 0) is 19.4 Å². The number of hydrogen-bond donors (Lipinski definition) is 0. The summed E-state index contributed by atoms with van der Waals surface area (Å²) < 4.78 is 10.0. The lowest BCUT2D eigenvalue weighted by molar-refractivity contribution is -0.797. The number of rotatable bonds is 9. The Bertz CT molecular complexity index is 556. The van der Waals surface area contributed by atoms with Crippen LogP contribution in [0.25, 0.3) is 0 Å². The SMILES string of the molecule is Bc1ccc([C@@H](C[N+](=O)OC)C(C(=O)OCC)C(=O)OCC)cc1. The zero-order valence-electron chi connectivity index (χ0n) is 14.5. The average Bonchev–Trinajstić information content (AvgIpc) is 2.55. The van der Waals surface area contributed by atoms with E-state index in [9.17, 15) is 14.5 Å². The molecule has 7 nitrogen and oxygen atoms in total. The molecule has 0 aromatic heterocycles. The van der Waals surface area contributed by atoms with E-state index in [0.29, 0.717) is 10.5 Å². The van der Waals surface area contributed by atoms with Gasteiger partial charge in [0.05, 0.1) is 24.0 Å². The predicted octanol–water partition coefficient (Wildman–Crippen LogP) is 0.111. The van der Waals surface area contributed by atoms with E-state index >= 15 is 0 Å². The average molecular weight is 336 g/mol. The third kappa shape index (κ3) is 5.36. The van der Waals surface area contributed by atoms with E-state index < -0.39 is 23.8 Å². The van der Waals surface area contributed by atoms with Gasteiger partial charge in [0.1, 0.15) is 7.85 Å². The van der Waals surface area contributed by atoms with Crippen molar-refractivity contribution in [3.8, 4) is 0 Å². The second-order valence-electron chi connectivity index (χ2n) is 5.20. The molecule has 0 saturated heterocycles. The van der Waals surface area contributed by atoms with Crippen LogP contribution in [0.5, 0.6) is 0 Å². The second kappa shape index (κ2) is 9.69. The standard InChI is InChI=1S/C16H23BNO6/c1-4-23-15(19)14(16(20)24-5-2)13(10-18(21)22-3)11-6-8-12(17)9-7-11/h6-9,13-14H,4-5,10,17H2,1-3H3/q+1/t13-/m1/s1. The number of ether oxygens (including phenoxy) is 2. The van der Waals surface area contributed by atoms with Crippen molar-refractivity contribution >= 4 is 25.2 Å². The topological polar surface area (TPSA) is 81.9 Å². The monoisotopic (exact) mass is 336 g/mol. The van der Waals surface area contributed by atoms with Crippen LogP contribution < -0.4 is 5.46 Å². The molecule has 0 saturated carbocycles. The van der Waals surface area contributed by atoms with Crippen LogP contribution in [0.4, 0.5) is 0 Å². The van der Waals surface area contributed by atoms with Gasteiger partial charge in [-0.15, -0.1) is 0 Å². The normalized spacial score (nSPS) is 11.7. The van der Waals surface area contributed by atoms with Crippen LogP contribution >= 0.6 is 0 Å². The van der Waals surface area contributed by atoms with Crippen molar-refractivity contribution in [2.75, 3.05) is 26.9 Å². The van der Waals surface area contributed by atoms with Gasteiger partial charge in [-0.3, -0.25) is 9.59 Å². The van der Waals surface area contributed by atoms with Crippen LogP contribution in [-0.2, 0) is 23.9 Å². The van der Waals surface area contributed by atoms with E-state index in [0.717, 1.165) is 5.46 Å². The zero-order valence-corrected chi connectivity index (χ0v) is 14.5. The van der Waals surface area contributed by atoms with Gasteiger partial charge in [0, 0.05) is 0 Å². The second-order valence-corrected chi connectivity index (χ2v) is 5.20.